The highest BCUT2D eigenvalue weighted by molar-refractivity contribution is 6.14. The highest BCUT2D eigenvalue weighted by Crippen LogP contribution is 2.32. The molecule has 0 unspecified atom stereocenters. The number of aromatic hydroxyl groups is 1. The fourth-order valence-corrected chi connectivity index (χ4v) is 4.87. The van der Waals surface area contributed by atoms with Crippen LogP contribution in [0.25, 0.3) is 0 Å². The number of carboxylic acid groups (broad SMARTS) is 1. The van der Waals surface area contributed by atoms with Crippen LogP contribution < -0.4 is 21.3 Å². The maximum atomic E-state index is 14.9. The molecule has 6 N–H and O–H groups in total. The first kappa shape index (κ1) is 32.8. The molecule has 3 aromatic rings. The predicted molar refractivity (Wildman–Crippen MR) is 167 cm³/mol. The minimum atomic E-state index is -1.80. The van der Waals surface area contributed by atoms with Crippen molar-refractivity contribution in [2.75, 3.05) is 26.2 Å². The number of phenolic OH excluding ortho intramolecular Hbond substituents is 1. The molecule has 228 valence electrons. The van der Waals surface area contributed by atoms with Crippen molar-refractivity contribution in [2.45, 2.75) is 44.7 Å². The monoisotopic (exact) mass is 587 g/mol. The van der Waals surface area contributed by atoms with Crippen molar-refractivity contribution < 1.29 is 24.6 Å². The molecular formula is C33H41N5O5. The summed E-state index contributed by atoms with van der Waals surface area (Å²) in [5, 5.41) is 31.2. The Hall–Kier alpha value is -4.70. The van der Waals surface area contributed by atoms with E-state index < -0.39 is 35.7 Å². The number of nitrogens with zero attached hydrogens (tertiary/aromatic N) is 1. The second kappa shape index (κ2) is 16.7. The van der Waals surface area contributed by atoms with E-state index in [4.69, 9.17) is 0 Å². The lowest BCUT2D eigenvalue weighted by molar-refractivity contribution is -0.143. The average molecular weight is 588 g/mol. The van der Waals surface area contributed by atoms with Crippen LogP contribution in [-0.4, -0.2) is 65.6 Å². The molecule has 0 radical (unpaired) electrons. The zero-order chi connectivity index (χ0) is 31.1. The number of hydrogen-bond donors (Lipinski definition) is 6. The van der Waals surface area contributed by atoms with Crippen molar-refractivity contribution in [1.29, 1.82) is 0 Å². The molecular weight excluding hydrogens is 546 g/mol. The van der Waals surface area contributed by atoms with Crippen LogP contribution in [0.4, 0.5) is 0 Å². The van der Waals surface area contributed by atoms with Gasteiger partial charge in [-0.1, -0.05) is 72.8 Å². The Balaban J connectivity index is 2.07. The standard InChI is InChI=1S/C33H41N5O5/c1-3-34-32(35-4-2)36-21-11-20-33(31(43)37-23-28(40)41,38-22-24-16-18-27(39)19-17-24)30(42)29(25-12-7-5-8-13-25)26-14-9-6-10-15-26/h5-10,12-19,29,38-39H,3-4,11,20-23H2,1-2H3,(H,37,43)(H,40,41)(H2,34,35,36)/t33-/m1/s1. The maximum Gasteiger partial charge on any atom is 0.322 e. The van der Waals surface area contributed by atoms with E-state index in [0.717, 1.165) is 5.56 Å². The van der Waals surface area contributed by atoms with E-state index in [1.165, 1.54) is 12.1 Å². The topological polar surface area (TPSA) is 152 Å². The molecule has 10 nitrogen and oxygen atoms in total. The van der Waals surface area contributed by atoms with E-state index in [1.807, 2.05) is 74.5 Å². The summed E-state index contributed by atoms with van der Waals surface area (Å²) in [6.45, 7) is 5.04. The van der Waals surface area contributed by atoms with Crippen molar-refractivity contribution in [1.82, 2.24) is 21.3 Å². The molecule has 0 heterocycles. The van der Waals surface area contributed by atoms with Gasteiger partial charge in [-0.2, -0.15) is 0 Å². The third-order valence-corrected chi connectivity index (χ3v) is 6.95. The average Bonchev–Trinajstić information content (AvgIpc) is 3.01. The lowest BCUT2D eigenvalue weighted by Crippen LogP contribution is -2.63. The lowest BCUT2D eigenvalue weighted by atomic mass is 9.75. The Labute approximate surface area is 252 Å². The zero-order valence-electron chi connectivity index (χ0n) is 24.7. The Morgan fingerprint density at radius 2 is 1.44 bits per heavy atom. The Morgan fingerprint density at radius 1 is 0.837 bits per heavy atom. The minimum Gasteiger partial charge on any atom is -0.508 e. The Bertz CT molecular complexity index is 1310. The minimum absolute atomic E-state index is 0.0735. The van der Waals surface area contributed by atoms with Crippen LogP contribution in [0.3, 0.4) is 0 Å². The summed E-state index contributed by atoms with van der Waals surface area (Å²) in [6.07, 6.45) is 0.462. The van der Waals surface area contributed by atoms with Crippen LogP contribution in [0.5, 0.6) is 5.75 Å². The largest absolute Gasteiger partial charge is 0.508 e. The number of aliphatic imine (C=N–C) groups is 1. The Morgan fingerprint density at radius 3 is 1.98 bits per heavy atom. The van der Waals surface area contributed by atoms with Crippen LogP contribution >= 0.6 is 0 Å². The number of carboxylic acids is 1. The third kappa shape index (κ3) is 9.40. The van der Waals surface area contributed by atoms with Gasteiger partial charge < -0.3 is 26.2 Å². The number of benzene rings is 3. The van der Waals surface area contributed by atoms with Crippen molar-refractivity contribution in [3.8, 4) is 5.75 Å². The molecule has 0 aliphatic carbocycles. The van der Waals surface area contributed by atoms with Crippen molar-refractivity contribution >= 4 is 23.6 Å². The fourth-order valence-electron chi connectivity index (χ4n) is 4.87. The predicted octanol–water partition coefficient (Wildman–Crippen LogP) is 3.18. The molecule has 1 atom stereocenters. The molecule has 0 saturated carbocycles. The van der Waals surface area contributed by atoms with Gasteiger partial charge in [0.05, 0.1) is 5.92 Å². The molecule has 43 heavy (non-hydrogen) atoms. The molecule has 0 spiro atoms. The number of aliphatic carboxylic acids is 1. The number of rotatable bonds is 16. The first-order chi connectivity index (χ1) is 20.8. The van der Waals surface area contributed by atoms with Gasteiger partial charge in [-0.3, -0.25) is 24.7 Å². The molecule has 0 fully saturated rings. The van der Waals surface area contributed by atoms with E-state index in [2.05, 4.69) is 26.3 Å². The summed E-state index contributed by atoms with van der Waals surface area (Å²) >= 11 is 0. The quantitative estimate of drug-likeness (QED) is 0.0647. The van der Waals surface area contributed by atoms with Gasteiger partial charge in [0.25, 0.3) is 0 Å². The number of Topliss-reactive ketones (excluding diaryl/α,β-unsaturated/α-hetero) is 1. The third-order valence-electron chi connectivity index (χ3n) is 6.95. The van der Waals surface area contributed by atoms with E-state index >= 15 is 0 Å². The first-order valence-electron chi connectivity index (χ1n) is 14.5. The van der Waals surface area contributed by atoms with Crippen LogP contribution in [0.2, 0.25) is 0 Å². The Kier molecular flexibility index (Phi) is 12.7. The van der Waals surface area contributed by atoms with E-state index in [-0.39, 0.29) is 18.7 Å². The molecule has 0 aliphatic rings. The number of phenols is 1. The molecule has 0 saturated heterocycles. The molecule has 3 aromatic carbocycles. The van der Waals surface area contributed by atoms with Gasteiger partial charge in [0, 0.05) is 26.2 Å². The van der Waals surface area contributed by atoms with Gasteiger partial charge in [-0.25, -0.2) is 0 Å². The lowest BCUT2D eigenvalue weighted by Gasteiger charge is -2.36. The van der Waals surface area contributed by atoms with Gasteiger partial charge in [0.15, 0.2) is 17.3 Å². The molecule has 3 rings (SSSR count). The normalized spacial score (nSPS) is 12.8. The smallest absolute Gasteiger partial charge is 0.322 e. The summed E-state index contributed by atoms with van der Waals surface area (Å²) in [4.78, 5) is 44.8. The fraction of sp³-hybridized carbons (Fsp3) is 0.333. The molecule has 0 aromatic heterocycles. The number of ketones is 1. The highest BCUT2D eigenvalue weighted by Gasteiger charge is 2.48. The SMILES string of the molecule is CCN=C(NCC)NCCC[C@](NCc1ccc(O)cc1)(C(=O)NCC(=O)O)C(=O)C(c1ccccc1)c1ccccc1. The van der Waals surface area contributed by atoms with Gasteiger partial charge >= 0.3 is 5.97 Å². The summed E-state index contributed by atoms with van der Waals surface area (Å²) in [5.74, 6) is -2.43. The second-order valence-electron chi connectivity index (χ2n) is 10.0. The highest BCUT2D eigenvalue weighted by atomic mass is 16.4. The number of amides is 1. The summed E-state index contributed by atoms with van der Waals surface area (Å²) in [6, 6.07) is 24.9. The zero-order valence-corrected chi connectivity index (χ0v) is 24.7. The number of carbonyl (C=O) groups is 3. The number of hydrogen-bond acceptors (Lipinski definition) is 6. The number of carbonyl (C=O) groups excluding carboxylic acids is 2. The molecule has 1 amide bonds. The second-order valence-corrected chi connectivity index (χ2v) is 10.0. The van der Waals surface area contributed by atoms with Crippen LogP contribution in [0.1, 0.15) is 49.3 Å². The van der Waals surface area contributed by atoms with Crippen LogP contribution in [0, 0.1) is 0 Å². The van der Waals surface area contributed by atoms with Crippen molar-refractivity contribution in [3.63, 3.8) is 0 Å². The van der Waals surface area contributed by atoms with Crippen LogP contribution in [-0.2, 0) is 20.9 Å². The molecule has 0 bridgehead atoms. The van der Waals surface area contributed by atoms with Crippen LogP contribution in [0.15, 0.2) is 89.9 Å². The van der Waals surface area contributed by atoms with Gasteiger partial charge in [-0.15, -0.1) is 0 Å². The van der Waals surface area contributed by atoms with E-state index in [0.29, 0.717) is 43.1 Å². The van der Waals surface area contributed by atoms with Gasteiger partial charge in [0.2, 0.25) is 5.91 Å². The van der Waals surface area contributed by atoms with E-state index in [1.54, 1.807) is 12.1 Å². The van der Waals surface area contributed by atoms with E-state index in [9.17, 15) is 24.6 Å². The number of nitrogens with one attached hydrogen (secondary N) is 4. The van der Waals surface area contributed by atoms with Crippen molar-refractivity contribution in [2.24, 2.45) is 4.99 Å². The summed E-state index contributed by atoms with van der Waals surface area (Å²) in [5.41, 5.74) is 0.358. The summed E-state index contributed by atoms with van der Waals surface area (Å²) < 4.78 is 0. The van der Waals surface area contributed by atoms with Crippen molar-refractivity contribution in [3.05, 3.63) is 102 Å². The molecule has 10 heteroatoms. The van der Waals surface area contributed by atoms with Gasteiger partial charge in [0.1, 0.15) is 12.3 Å². The van der Waals surface area contributed by atoms with Gasteiger partial charge in [-0.05, 0) is 55.5 Å². The maximum absolute atomic E-state index is 14.9. The first-order valence-corrected chi connectivity index (χ1v) is 14.5. The molecule has 0 aliphatic heterocycles. The number of guanidine groups is 1. The summed E-state index contributed by atoms with van der Waals surface area (Å²) in [7, 11) is 0.